The molecule has 1 atom stereocenters. The van der Waals surface area contributed by atoms with E-state index in [0.717, 1.165) is 12.0 Å². The van der Waals surface area contributed by atoms with Gasteiger partial charge in [-0.25, -0.2) is 8.42 Å². The van der Waals surface area contributed by atoms with Gasteiger partial charge in [-0.15, -0.1) is 0 Å². The summed E-state index contributed by atoms with van der Waals surface area (Å²) in [5, 5.41) is 2.71. The van der Waals surface area contributed by atoms with Gasteiger partial charge in [-0.1, -0.05) is 5.57 Å². The third kappa shape index (κ3) is 4.46. The molecular formula is C10H17NO3S. The van der Waals surface area contributed by atoms with Gasteiger partial charge in [0.15, 0.2) is 9.84 Å². The maximum absolute atomic E-state index is 11.4. The fraction of sp³-hybridized carbons (Fsp3) is 0.700. The molecule has 4 nitrogen and oxygen atoms in total. The lowest BCUT2D eigenvalue weighted by atomic mass is 10.2. The van der Waals surface area contributed by atoms with E-state index >= 15 is 0 Å². The summed E-state index contributed by atoms with van der Waals surface area (Å²) in [7, 11) is -2.94. The molecule has 15 heavy (non-hydrogen) atoms. The molecule has 0 aromatic heterocycles. The van der Waals surface area contributed by atoms with Crippen LogP contribution in [0.25, 0.3) is 0 Å². The van der Waals surface area contributed by atoms with E-state index in [-0.39, 0.29) is 23.5 Å². The zero-order valence-corrected chi connectivity index (χ0v) is 9.93. The van der Waals surface area contributed by atoms with E-state index in [0.29, 0.717) is 6.42 Å². The van der Waals surface area contributed by atoms with Crippen molar-refractivity contribution >= 4 is 15.7 Å². The second kappa shape index (κ2) is 4.79. The summed E-state index contributed by atoms with van der Waals surface area (Å²) in [4.78, 5) is 11.4. The molecule has 0 bridgehead atoms. The molecule has 1 aliphatic heterocycles. The van der Waals surface area contributed by atoms with Crippen LogP contribution in [0.15, 0.2) is 11.6 Å². The Kier molecular flexibility index (Phi) is 3.90. The predicted molar refractivity (Wildman–Crippen MR) is 59.2 cm³/mol. The number of rotatable bonds is 2. The number of amides is 1. The lowest BCUT2D eigenvalue weighted by Crippen LogP contribution is -2.42. The molecular weight excluding hydrogens is 214 g/mol. The Balaban J connectivity index is 2.53. The molecule has 0 radical (unpaired) electrons. The van der Waals surface area contributed by atoms with Gasteiger partial charge >= 0.3 is 0 Å². The summed E-state index contributed by atoms with van der Waals surface area (Å²) in [5.41, 5.74) is 0.908. The first-order valence-corrected chi connectivity index (χ1v) is 6.87. The molecule has 0 aromatic rings. The van der Waals surface area contributed by atoms with Crippen molar-refractivity contribution in [1.82, 2.24) is 5.32 Å². The van der Waals surface area contributed by atoms with Crippen molar-refractivity contribution in [1.29, 1.82) is 0 Å². The van der Waals surface area contributed by atoms with Gasteiger partial charge in [0.2, 0.25) is 5.91 Å². The van der Waals surface area contributed by atoms with E-state index in [9.17, 15) is 13.2 Å². The van der Waals surface area contributed by atoms with E-state index in [1.807, 2.05) is 13.8 Å². The second-order valence-corrected chi connectivity index (χ2v) is 6.41. The fourth-order valence-electron chi connectivity index (χ4n) is 1.64. The third-order valence-electron chi connectivity index (χ3n) is 2.23. The van der Waals surface area contributed by atoms with Crippen molar-refractivity contribution in [3.8, 4) is 0 Å². The van der Waals surface area contributed by atoms with Crippen LogP contribution in [0, 0.1) is 0 Å². The normalized spacial score (nSPS) is 24.3. The summed E-state index contributed by atoms with van der Waals surface area (Å²) in [6.07, 6.45) is 2.88. The number of nitrogens with one attached hydrogen (secondary N) is 1. The smallest absolute Gasteiger partial charge is 0.244 e. The Hall–Kier alpha value is -0.840. The van der Waals surface area contributed by atoms with Crippen LogP contribution in [0.5, 0.6) is 0 Å². The molecule has 1 saturated heterocycles. The first-order chi connectivity index (χ1) is 6.89. The van der Waals surface area contributed by atoms with E-state index in [1.54, 1.807) is 0 Å². The number of sulfone groups is 1. The summed E-state index contributed by atoms with van der Waals surface area (Å²) in [6.45, 7) is 3.66. The van der Waals surface area contributed by atoms with E-state index < -0.39 is 9.84 Å². The van der Waals surface area contributed by atoms with Crippen molar-refractivity contribution in [2.75, 3.05) is 11.5 Å². The standard InChI is InChI=1S/C10H17NO3S/c1-8(2)6-10(12)11-9-4-3-5-15(13,14)7-9/h6,9H,3-5,7H2,1-2H3,(H,11,12). The van der Waals surface area contributed by atoms with Gasteiger partial charge in [-0.3, -0.25) is 4.79 Å². The van der Waals surface area contributed by atoms with Crippen LogP contribution in [0.2, 0.25) is 0 Å². The summed E-state index contributed by atoms with van der Waals surface area (Å²) in [6, 6.07) is -0.216. The minimum Gasteiger partial charge on any atom is -0.349 e. The molecule has 0 aromatic carbocycles. The van der Waals surface area contributed by atoms with E-state index in [2.05, 4.69) is 5.32 Å². The topological polar surface area (TPSA) is 63.2 Å². The highest BCUT2D eigenvalue weighted by atomic mass is 32.2. The minimum atomic E-state index is -2.94. The average molecular weight is 231 g/mol. The van der Waals surface area contributed by atoms with Gasteiger partial charge in [0.25, 0.3) is 0 Å². The number of hydrogen-bond acceptors (Lipinski definition) is 3. The molecule has 0 aliphatic carbocycles. The zero-order chi connectivity index (χ0) is 11.5. The first kappa shape index (κ1) is 12.2. The summed E-state index contributed by atoms with van der Waals surface area (Å²) < 4.78 is 22.6. The average Bonchev–Trinajstić information content (AvgIpc) is 1.99. The monoisotopic (exact) mass is 231 g/mol. The highest BCUT2D eigenvalue weighted by Gasteiger charge is 2.25. The largest absolute Gasteiger partial charge is 0.349 e. The Labute approximate surface area is 90.7 Å². The third-order valence-corrected chi connectivity index (χ3v) is 4.05. The lowest BCUT2D eigenvalue weighted by molar-refractivity contribution is -0.117. The highest BCUT2D eigenvalue weighted by Crippen LogP contribution is 2.11. The van der Waals surface area contributed by atoms with Gasteiger partial charge in [0.05, 0.1) is 11.5 Å². The van der Waals surface area contributed by atoms with Crippen molar-refractivity contribution in [2.45, 2.75) is 32.7 Å². The van der Waals surface area contributed by atoms with E-state index in [4.69, 9.17) is 0 Å². The molecule has 1 N–H and O–H groups in total. The minimum absolute atomic E-state index is 0.0787. The second-order valence-electron chi connectivity index (χ2n) is 4.18. The van der Waals surface area contributed by atoms with Gasteiger partial charge in [-0.2, -0.15) is 0 Å². The van der Waals surface area contributed by atoms with Gasteiger partial charge in [0.1, 0.15) is 0 Å². The lowest BCUT2D eigenvalue weighted by Gasteiger charge is -2.22. The molecule has 1 unspecified atom stereocenters. The molecule has 1 heterocycles. The van der Waals surface area contributed by atoms with Crippen LogP contribution in [0.3, 0.4) is 0 Å². The van der Waals surface area contributed by atoms with Crippen LogP contribution in [0.1, 0.15) is 26.7 Å². The van der Waals surface area contributed by atoms with Gasteiger partial charge in [0, 0.05) is 12.1 Å². The molecule has 1 fully saturated rings. The summed E-state index contributed by atoms with van der Waals surface area (Å²) in [5.74, 6) is 0.134. The molecule has 1 rings (SSSR count). The maximum Gasteiger partial charge on any atom is 0.244 e. The van der Waals surface area contributed by atoms with Crippen LogP contribution in [-0.2, 0) is 14.6 Å². The Morgan fingerprint density at radius 2 is 2.07 bits per heavy atom. The van der Waals surface area contributed by atoms with Crippen LogP contribution in [0.4, 0.5) is 0 Å². The highest BCUT2D eigenvalue weighted by molar-refractivity contribution is 7.91. The number of hydrogen-bond donors (Lipinski definition) is 1. The summed E-state index contributed by atoms with van der Waals surface area (Å²) >= 11 is 0. The Morgan fingerprint density at radius 3 is 2.60 bits per heavy atom. The maximum atomic E-state index is 11.4. The SMILES string of the molecule is CC(C)=CC(=O)NC1CCCS(=O)(=O)C1. The van der Waals surface area contributed by atoms with Gasteiger partial charge < -0.3 is 5.32 Å². The molecule has 0 saturated carbocycles. The fourth-order valence-corrected chi connectivity index (χ4v) is 3.28. The number of carbonyl (C=O) groups is 1. The first-order valence-electron chi connectivity index (χ1n) is 5.05. The van der Waals surface area contributed by atoms with Crippen molar-refractivity contribution < 1.29 is 13.2 Å². The van der Waals surface area contributed by atoms with E-state index in [1.165, 1.54) is 6.08 Å². The molecule has 5 heteroatoms. The Morgan fingerprint density at radius 1 is 1.40 bits per heavy atom. The quantitative estimate of drug-likeness (QED) is 0.710. The van der Waals surface area contributed by atoms with Crippen molar-refractivity contribution in [3.63, 3.8) is 0 Å². The molecule has 1 amide bonds. The van der Waals surface area contributed by atoms with Crippen molar-refractivity contribution in [2.24, 2.45) is 0 Å². The van der Waals surface area contributed by atoms with Crippen LogP contribution >= 0.6 is 0 Å². The predicted octanol–water partition coefficient (Wildman–Crippen LogP) is 0.646. The molecule has 0 spiro atoms. The molecule has 86 valence electrons. The van der Waals surface area contributed by atoms with Crippen LogP contribution < -0.4 is 5.32 Å². The van der Waals surface area contributed by atoms with Crippen molar-refractivity contribution in [3.05, 3.63) is 11.6 Å². The Bertz CT molecular complexity index is 366. The van der Waals surface area contributed by atoms with Crippen LogP contribution in [-0.4, -0.2) is 31.9 Å². The molecule has 1 aliphatic rings. The van der Waals surface area contributed by atoms with Gasteiger partial charge in [-0.05, 0) is 26.7 Å². The number of carbonyl (C=O) groups excluding carboxylic acids is 1. The zero-order valence-electron chi connectivity index (χ0n) is 9.12. The number of allylic oxidation sites excluding steroid dienone is 1.